The normalized spacial score (nSPS) is 23.9. The molecule has 0 saturated carbocycles. The van der Waals surface area contributed by atoms with Gasteiger partial charge in [-0.15, -0.1) is 0 Å². The molecule has 26 heavy (non-hydrogen) atoms. The smallest absolute Gasteiger partial charge is 0.225 e. The molecule has 0 aromatic heterocycles. The Morgan fingerprint density at radius 3 is 2.31 bits per heavy atom. The first-order chi connectivity index (χ1) is 12.3. The van der Waals surface area contributed by atoms with Crippen LogP contribution in [0.25, 0.3) is 0 Å². The predicted octanol–water partition coefficient (Wildman–Crippen LogP) is 2.52. The number of aryl methyl sites for hydroxylation is 1. The van der Waals surface area contributed by atoms with Crippen LogP contribution in [0.5, 0.6) is 0 Å². The molecule has 6 heteroatoms. The monoisotopic (exact) mass is 373 g/mol. The topological polar surface area (TPSA) is 74.7 Å². The molecule has 3 unspecified atom stereocenters. The minimum Gasteiger partial charge on any atom is -0.372 e. The Kier molecular flexibility index (Phi) is 5.16. The summed E-state index contributed by atoms with van der Waals surface area (Å²) >= 11 is 0. The second-order valence-corrected chi connectivity index (χ2v) is 9.03. The van der Waals surface area contributed by atoms with Gasteiger partial charge < -0.3 is 10.0 Å². The molecule has 0 radical (unpaired) electrons. The van der Waals surface area contributed by atoms with Crippen LogP contribution in [0.1, 0.15) is 24.5 Å². The van der Waals surface area contributed by atoms with Gasteiger partial charge in [-0.05, 0) is 30.5 Å². The van der Waals surface area contributed by atoms with Gasteiger partial charge in [-0.2, -0.15) is 0 Å². The van der Waals surface area contributed by atoms with Gasteiger partial charge in [-0.25, -0.2) is 8.42 Å². The van der Waals surface area contributed by atoms with Gasteiger partial charge in [0.05, 0.1) is 4.90 Å². The van der Waals surface area contributed by atoms with Gasteiger partial charge in [0.1, 0.15) is 11.5 Å². The number of hydrogen-bond acceptors (Lipinski definition) is 4. The van der Waals surface area contributed by atoms with E-state index in [0.717, 1.165) is 11.1 Å². The minimum absolute atomic E-state index is 0.0969. The fourth-order valence-corrected chi connectivity index (χ4v) is 5.45. The Bertz CT molecular complexity index is 878. The number of benzene rings is 2. The third-order valence-corrected chi connectivity index (χ3v) is 7.25. The molecule has 1 fully saturated rings. The number of nitrogens with zero attached hydrogens (tertiary/aromatic N) is 1. The van der Waals surface area contributed by atoms with Gasteiger partial charge in [0, 0.05) is 13.0 Å². The van der Waals surface area contributed by atoms with E-state index in [1.165, 1.54) is 4.90 Å². The van der Waals surface area contributed by atoms with Crippen molar-refractivity contribution in [2.75, 3.05) is 0 Å². The lowest BCUT2D eigenvalue weighted by Gasteiger charge is -2.41. The Morgan fingerprint density at radius 1 is 1.08 bits per heavy atom. The van der Waals surface area contributed by atoms with E-state index in [-0.39, 0.29) is 23.8 Å². The van der Waals surface area contributed by atoms with Gasteiger partial charge >= 0.3 is 0 Å². The molecule has 0 bridgehead atoms. The van der Waals surface area contributed by atoms with E-state index < -0.39 is 27.2 Å². The average molecular weight is 373 g/mol. The van der Waals surface area contributed by atoms with E-state index in [1.807, 2.05) is 37.3 Å². The minimum atomic E-state index is -3.77. The Balaban J connectivity index is 1.93. The largest absolute Gasteiger partial charge is 0.372 e. The molecule has 0 aliphatic carbocycles. The molecule has 2 aromatic rings. The Labute approximate surface area is 154 Å². The van der Waals surface area contributed by atoms with E-state index in [9.17, 15) is 18.3 Å². The second-order valence-electron chi connectivity index (χ2n) is 6.92. The SMILES string of the molecule is Cc1ccc(S(=O)(=O)C2C(C)CC(=O)N(Cc3ccccc3)C2O)cc1. The van der Waals surface area contributed by atoms with Crippen LogP contribution in [0.15, 0.2) is 59.5 Å². The van der Waals surface area contributed by atoms with E-state index in [1.54, 1.807) is 31.2 Å². The van der Waals surface area contributed by atoms with E-state index >= 15 is 0 Å². The van der Waals surface area contributed by atoms with Gasteiger partial charge in [0.15, 0.2) is 9.84 Å². The predicted molar refractivity (Wildman–Crippen MR) is 98.9 cm³/mol. The maximum absolute atomic E-state index is 13.1. The molecule has 138 valence electrons. The zero-order chi connectivity index (χ0) is 18.9. The lowest BCUT2D eigenvalue weighted by Crippen LogP contribution is -2.56. The maximum Gasteiger partial charge on any atom is 0.225 e. The first-order valence-corrected chi connectivity index (χ1v) is 10.2. The third kappa shape index (κ3) is 3.52. The van der Waals surface area contributed by atoms with Crippen LogP contribution >= 0.6 is 0 Å². The molecule has 1 N–H and O–H groups in total. The summed E-state index contributed by atoms with van der Waals surface area (Å²) in [5.74, 6) is -0.694. The molecule has 0 spiro atoms. The highest BCUT2D eigenvalue weighted by molar-refractivity contribution is 7.92. The van der Waals surface area contributed by atoms with E-state index in [4.69, 9.17) is 0 Å². The highest BCUT2D eigenvalue weighted by atomic mass is 32.2. The van der Waals surface area contributed by atoms with E-state index in [2.05, 4.69) is 0 Å². The van der Waals surface area contributed by atoms with E-state index in [0.29, 0.717) is 0 Å². The number of hydrogen-bond donors (Lipinski definition) is 1. The Hall–Kier alpha value is -2.18. The van der Waals surface area contributed by atoms with Crippen molar-refractivity contribution in [2.24, 2.45) is 5.92 Å². The third-order valence-electron chi connectivity index (χ3n) is 4.89. The quantitative estimate of drug-likeness (QED) is 0.894. The van der Waals surface area contributed by atoms with Crippen LogP contribution < -0.4 is 0 Å². The van der Waals surface area contributed by atoms with Crippen LogP contribution in [0.3, 0.4) is 0 Å². The molecule has 1 saturated heterocycles. The van der Waals surface area contributed by atoms with Crippen molar-refractivity contribution in [2.45, 2.75) is 43.2 Å². The number of carbonyl (C=O) groups is 1. The number of sulfone groups is 1. The Morgan fingerprint density at radius 2 is 1.69 bits per heavy atom. The van der Waals surface area contributed by atoms with Crippen molar-refractivity contribution in [3.05, 3.63) is 65.7 Å². The van der Waals surface area contributed by atoms with Gasteiger partial charge in [-0.3, -0.25) is 4.79 Å². The molecule has 1 heterocycles. The van der Waals surface area contributed by atoms with Gasteiger partial charge in [-0.1, -0.05) is 55.0 Å². The first kappa shape index (κ1) is 18.6. The second kappa shape index (κ2) is 7.21. The molecule has 1 aliphatic rings. The number of likely N-dealkylation sites (tertiary alicyclic amines) is 1. The lowest BCUT2D eigenvalue weighted by atomic mass is 9.95. The number of carbonyl (C=O) groups excluding carboxylic acids is 1. The van der Waals surface area contributed by atoms with Crippen LogP contribution in [-0.4, -0.2) is 35.8 Å². The fraction of sp³-hybridized carbons (Fsp3) is 0.350. The number of rotatable bonds is 4. The summed E-state index contributed by atoms with van der Waals surface area (Å²) in [5.41, 5.74) is 1.81. The molecule has 5 nitrogen and oxygen atoms in total. The highest BCUT2D eigenvalue weighted by Crippen LogP contribution is 2.33. The van der Waals surface area contributed by atoms with Crippen molar-refractivity contribution >= 4 is 15.7 Å². The fourth-order valence-electron chi connectivity index (χ4n) is 3.44. The van der Waals surface area contributed by atoms with Crippen LogP contribution in [0.4, 0.5) is 0 Å². The zero-order valence-electron chi connectivity index (χ0n) is 14.9. The van der Waals surface area contributed by atoms with Crippen LogP contribution in [0.2, 0.25) is 0 Å². The number of piperidine rings is 1. The molecular formula is C20H23NO4S. The summed E-state index contributed by atoms with van der Waals surface area (Å²) in [6.45, 7) is 3.78. The summed E-state index contributed by atoms with van der Waals surface area (Å²) in [5, 5.41) is 9.76. The van der Waals surface area contributed by atoms with Crippen molar-refractivity contribution < 1.29 is 18.3 Å². The molecule has 3 atom stereocenters. The van der Waals surface area contributed by atoms with Crippen molar-refractivity contribution in [1.82, 2.24) is 4.90 Å². The summed E-state index contributed by atoms with van der Waals surface area (Å²) in [6.07, 6.45) is -1.28. The van der Waals surface area contributed by atoms with Gasteiger partial charge in [0.25, 0.3) is 0 Å². The molecule has 1 amide bonds. The summed E-state index contributed by atoms with van der Waals surface area (Å²) in [4.78, 5) is 13.9. The van der Waals surface area contributed by atoms with Gasteiger partial charge in [0.2, 0.25) is 5.91 Å². The number of aliphatic hydroxyl groups is 1. The zero-order valence-corrected chi connectivity index (χ0v) is 15.7. The van der Waals surface area contributed by atoms with Crippen LogP contribution in [-0.2, 0) is 21.2 Å². The molecular weight excluding hydrogens is 350 g/mol. The molecule has 2 aromatic carbocycles. The summed E-state index contributed by atoms with van der Waals surface area (Å²) in [6, 6.07) is 15.8. The number of aliphatic hydroxyl groups excluding tert-OH is 1. The lowest BCUT2D eigenvalue weighted by molar-refractivity contribution is -0.150. The van der Waals surface area contributed by atoms with Crippen molar-refractivity contribution in [1.29, 1.82) is 0 Å². The maximum atomic E-state index is 13.1. The summed E-state index contributed by atoms with van der Waals surface area (Å²) < 4.78 is 26.3. The average Bonchev–Trinajstić information content (AvgIpc) is 2.59. The summed E-state index contributed by atoms with van der Waals surface area (Å²) in [7, 11) is -3.77. The number of amides is 1. The van der Waals surface area contributed by atoms with Crippen molar-refractivity contribution in [3.63, 3.8) is 0 Å². The highest BCUT2D eigenvalue weighted by Gasteiger charge is 2.46. The molecule has 1 aliphatic heterocycles. The van der Waals surface area contributed by atoms with Crippen molar-refractivity contribution in [3.8, 4) is 0 Å². The standard InChI is InChI=1S/C20H23NO4S/c1-14-8-10-17(11-9-14)26(24,25)19-15(2)12-18(22)21(20(19)23)13-16-6-4-3-5-7-16/h3-11,15,19-20,23H,12-13H2,1-2H3. The van der Waals surface area contributed by atoms with Crippen LogP contribution in [0, 0.1) is 12.8 Å². The molecule has 3 rings (SSSR count). The first-order valence-electron chi connectivity index (χ1n) is 8.62.